The normalized spacial score (nSPS) is 31.7. The fourth-order valence-electron chi connectivity index (χ4n) is 3.02. The molecule has 1 heteroatoms. The average Bonchev–Trinajstić information content (AvgIpc) is 2.16. The molecule has 0 bridgehead atoms. The molecular formula is C13H21N. The van der Waals surface area contributed by atoms with Crippen molar-refractivity contribution in [2.75, 3.05) is 0 Å². The minimum Gasteiger partial charge on any atom is -0.307 e. The van der Waals surface area contributed by atoms with Gasteiger partial charge < -0.3 is 5.32 Å². The fraction of sp³-hybridized carbons (Fsp3) is 0.692. The Hall–Kier alpha value is -0.560. The van der Waals surface area contributed by atoms with Crippen molar-refractivity contribution in [1.29, 1.82) is 0 Å². The van der Waals surface area contributed by atoms with Crippen molar-refractivity contribution in [1.82, 2.24) is 5.32 Å². The Morgan fingerprint density at radius 2 is 2.07 bits per heavy atom. The Kier molecular flexibility index (Phi) is 2.52. The standard InChI is InChI=1S/C13H21N/c1-5-10-7-12-11(6-2)8(3)13(12)9(4)14-10/h9-10,14H,5-7H2,1-4H3. The van der Waals surface area contributed by atoms with Gasteiger partial charge in [0, 0.05) is 12.1 Å². The summed E-state index contributed by atoms with van der Waals surface area (Å²) in [5, 5.41) is 3.68. The molecule has 1 N–H and O–H groups in total. The van der Waals surface area contributed by atoms with E-state index in [2.05, 4.69) is 33.0 Å². The van der Waals surface area contributed by atoms with Crippen molar-refractivity contribution in [3.8, 4) is 0 Å². The first kappa shape index (κ1) is 9.97. The van der Waals surface area contributed by atoms with Gasteiger partial charge in [0.05, 0.1) is 0 Å². The maximum absolute atomic E-state index is 3.68. The van der Waals surface area contributed by atoms with Crippen molar-refractivity contribution in [3.05, 3.63) is 22.3 Å². The Balaban J connectivity index is 2.21. The summed E-state index contributed by atoms with van der Waals surface area (Å²) >= 11 is 0. The number of nitrogens with one attached hydrogen (secondary N) is 1. The first-order valence-electron chi connectivity index (χ1n) is 5.88. The van der Waals surface area contributed by atoms with E-state index < -0.39 is 0 Å². The van der Waals surface area contributed by atoms with Gasteiger partial charge in [-0.05, 0) is 55.4 Å². The summed E-state index contributed by atoms with van der Waals surface area (Å²) in [4.78, 5) is 0. The molecular weight excluding hydrogens is 170 g/mol. The van der Waals surface area contributed by atoms with Crippen molar-refractivity contribution in [2.45, 2.75) is 59.0 Å². The zero-order valence-electron chi connectivity index (χ0n) is 9.78. The molecule has 0 saturated heterocycles. The molecule has 2 rings (SSSR count). The molecule has 1 heterocycles. The van der Waals surface area contributed by atoms with Crippen LogP contribution in [0.15, 0.2) is 22.3 Å². The van der Waals surface area contributed by atoms with Crippen molar-refractivity contribution in [3.63, 3.8) is 0 Å². The highest BCUT2D eigenvalue weighted by Crippen LogP contribution is 2.43. The third kappa shape index (κ3) is 1.26. The van der Waals surface area contributed by atoms with E-state index in [0.717, 1.165) is 0 Å². The van der Waals surface area contributed by atoms with Crippen LogP contribution in [0.5, 0.6) is 0 Å². The highest BCUT2D eigenvalue weighted by molar-refractivity contribution is 5.61. The van der Waals surface area contributed by atoms with E-state index in [4.69, 9.17) is 0 Å². The summed E-state index contributed by atoms with van der Waals surface area (Å²) in [5.41, 5.74) is 6.51. The first-order chi connectivity index (χ1) is 6.69. The van der Waals surface area contributed by atoms with E-state index in [9.17, 15) is 0 Å². The van der Waals surface area contributed by atoms with Crippen LogP contribution < -0.4 is 5.32 Å². The van der Waals surface area contributed by atoms with Gasteiger partial charge in [-0.3, -0.25) is 0 Å². The molecule has 0 fully saturated rings. The Bertz CT molecular complexity index is 309. The lowest BCUT2D eigenvalue weighted by Crippen LogP contribution is -2.45. The molecule has 14 heavy (non-hydrogen) atoms. The maximum atomic E-state index is 3.68. The molecule has 0 radical (unpaired) electrons. The highest BCUT2D eigenvalue weighted by Gasteiger charge is 2.33. The molecule has 1 nitrogen and oxygen atoms in total. The molecule has 0 amide bonds. The van der Waals surface area contributed by atoms with E-state index in [1.807, 2.05) is 0 Å². The molecule has 1 aliphatic carbocycles. The van der Waals surface area contributed by atoms with Gasteiger partial charge in [-0.2, -0.15) is 0 Å². The van der Waals surface area contributed by atoms with Crippen LogP contribution in [-0.4, -0.2) is 12.1 Å². The van der Waals surface area contributed by atoms with E-state index in [-0.39, 0.29) is 0 Å². The topological polar surface area (TPSA) is 12.0 Å². The van der Waals surface area contributed by atoms with Crippen LogP contribution >= 0.6 is 0 Å². The molecule has 0 spiro atoms. The van der Waals surface area contributed by atoms with Crippen LogP contribution in [-0.2, 0) is 0 Å². The van der Waals surface area contributed by atoms with Crippen molar-refractivity contribution < 1.29 is 0 Å². The van der Waals surface area contributed by atoms with Gasteiger partial charge in [-0.15, -0.1) is 0 Å². The smallest absolute Gasteiger partial charge is 0.0300 e. The molecule has 2 unspecified atom stereocenters. The second kappa shape index (κ2) is 3.54. The summed E-state index contributed by atoms with van der Waals surface area (Å²) in [5.74, 6) is 0. The Morgan fingerprint density at radius 3 is 2.64 bits per heavy atom. The van der Waals surface area contributed by atoms with E-state index in [1.54, 1.807) is 22.3 Å². The van der Waals surface area contributed by atoms with Crippen LogP contribution in [0.1, 0.15) is 47.0 Å². The molecule has 0 aromatic carbocycles. The third-order valence-corrected chi connectivity index (χ3v) is 3.76. The summed E-state index contributed by atoms with van der Waals surface area (Å²) < 4.78 is 0. The van der Waals surface area contributed by atoms with Crippen LogP contribution in [0.3, 0.4) is 0 Å². The Labute approximate surface area is 87.3 Å². The lowest BCUT2D eigenvalue weighted by atomic mass is 9.72. The summed E-state index contributed by atoms with van der Waals surface area (Å²) in [7, 11) is 0. The minimum absolute atomic E-state index is 0.582. The molecule has 1 aliphatic heterocycles. The molecule has 2 atom stereocenters. The van der Waals surface area contributed by atoms with E-state index in [1.165, 1.54) is 19.3 Å². The van der Waals surface area contributed by atoms with Crippen molar-refractivity contribution in [2.24, 2.45) is 0 Å². The predicted molar refractivity (Wildman–Crippen MR) is 61.3 cm³/mol. The lowest BCUT2D eigenvalue weighted by Gasteiger charge is -2.41. The molecule has 0 saturated carbocycles. The molecule has 2 aliphatic rings. The third-order valence-electron chi connectivity index (χ3n) is 3.76. The van der Waals surface area contributed by atoms with E-state index in [0.29, 0.717) is 12.1 Å². The van der Waals surface area contributed by atoms with Crippen LogP contribution in [0.25, 0.3) is 0 Å². The van der Waals surface area contributed by atoms with Gasteiger partial charge in [-0.25, -0.2) is 0 Å². The highest BCUT2D eigenvalue weighted by atomic mass is 15.0. The Morgan fingerprint density at radius 1 is 1.36 bits per heavy atom. The maximum Gasteiger partial charge on any atom is 0.0300 e. The van der Waals surface area contributed by atoms with Gasteiger partial charge in [0.25, 0.3) is 0 Å². The van der Waals surface area contributed by atoms with Crippen LogP contribution in [0, 0.1) is 0 Å². The van der Waals surface area contributed by atoms with Gasteiger partial charge in [0.1, 0.15) is 0 Å². The largest absolute Gasteiger partial charge is 0.307 e. The molecule has 0 aromatic heterocycles. The number of allylic oxidation sites excluding steroid dienone is 1. The second-order valence-corrected chi connectivity index (χ2v) is 4.55. The van der Waals surface area contributed by atoms with Crippen LogP contribution in [0.2, 0.25) is 0 Å². The van der Waals surface area contributed by atoms with Gasteiger partial charge in [0.2, 0.25) is 0 Å². The summed E-state index contributed by atoms with van der Waals surface area (Å²) in [6, 6.07) is 1.29. The average molecular weight is 191 g/mol. The zero-order chi connectivity index (χ0) is 10.3. The fourth-order valence-corrected chi connectivity index (χ4v) is 3.02. The zero-order valence-corrected chi connectivity index (χ0v) is 9.78. The summed E-state index contributed by atoms with van der Waals surface area (Å²) in [6.45, 7) is 9.13. The first-order valence-corrected chi connectivity index (χ1v) is 5.88. The SMILES string of the molecule is CCC1=C(C)C2=C1CC(CC)NC2C. The van der Waals surface area contributed by atoms with Crippen molar-refractivity contribution >= 4 is 0 Å². The van der Waals surface area contributed by atoms with Gasteiger partial charge >= 0.3 is 0 Å². The van der Waals surface area contributed by atoms with E-state index >= 15 is 0 Å². The summed E-state index contributed by atoms with van der Waals surface area (Å²) in [6.07, 6.45) is 3.72. The van der Waals surface area contributed by atoms with Crippen LogP contribution in [0.4, 0.5) is 0 Å². The van der Waals surface area contributed by atoms with Gasteiger partial charge in [-0.1, -0.05) is 13.8 Å². The molecule has 0 aromatic rings. The minimum atomic E-state index is 0.582. The monoisotopic (exact) mass is 191 g/mol. The number of hydrogen-bond acceptors (Lipinski definition) is 1. The predicted octanol–water partition coefficient (Wildman–Crippen LogP) is 3.18. The number of hydrogen-bond donors (Lipinski definition) is 1. The molecule has 78 valence electrons. The lowest BCUT2D eigenvalue weighted by molar-refractivity contribution is 0.425. The second-order valence-electron chi connectivity index (χ2n) is 4.55. The van der Waals surface area contributed by atoms with Gasteiger partial charge in [0.15, 0.2) is 0 Å². The quantitative estimate of drug-likeness (QED) is 0.707. The number of rotatable bonds is 2.